The molecule has 0 saturated carbocycles. The van der Waals surface area contributed by atoms with Crippen molar-refractivity contribution in [2.45, 2.75) is 40.2 Å². The Morgan fingerprint density at radius 2 is 1.83 bits per heavy atom. The minimum Gasteiger partial charge on any atom is -0.444 e. The van der Waals surface area contributed by atoms with E-state index in [2.05, 4.69) is 24.5 Å². The van der Waals surface area contributed by atoms with Gasteiger partial charge in [-0.3, -0.25) is 0 Å². The molecule has 0 fully saturated rings. The van der Waals surface area contributed by atoms with Gasteiger partial charge in [0.2, 0.25) is 0 Å². The number of carbonyl (C=O) groups excluding carboxylic acids is 1. The number of halogens is 2. The molecule has 0 saturated heterocycles. The van der Waals surface area contributed by atoms with Crippen LogP contribution in [0.15, 0.2) is 18.2 Å². The second kappa shape index (κ2) is 8.65. The predicted molar refractivity (Wildman–Crippen MR) is 97.5 cm³/mol. The van der Waals surface area contributed by atoms with E-state index in [1.165, 1.54) is 0 Å². The summed E-state index contributed by atoms with van der Waals surface area (Å²) in [5.41, 5.74) is 0.415. The molecular weight excluding hydrogens is 335 g/mol. The van der Waals surface area contributed by atoms with Gasteiger partial charge in [0.15, 0.2) is 0 Å². The molecule has 1 aromatic carbocycles. The molecule has 0 bridgehead atoms. The number of alkyl carbamates (subject to hydrolysis) is 1. The van der Waals surface area contributed by atoms with E-state index in [1.54, 1.807) is 12.1 Å². The zero-order chi connectivity index (χ0) is 17.6. The molecular formula is C17H26Cl2N2O2. The second-order valence-corrected chi connectivity index (χ2v) is 7.71. The van der Waals surface area contributed by atoms with Crippen molar-refractivity contribution in [2.24, 2.45) is 11.8 Å². The van der Waals surface area contributed by atoms with Crippen LogP contribution >= 0.6 is 23.2 Å². The number of anilines is 1. The summed E-state index contributed by atoms with van der Waals surface area (Å²) in [5, 5.41) is 7.21. The fourth-order valence-corrected chi connectivity index (χ4v) is 2.23. The van der Waals surface area contributed by atoms with Crippen molar-refractivity contribution in [3.8, 4) is 0 Å². The van der Waals surface area contributed by atoms with E-state index in [4.69, 9.17) is 27.9 Å². The van der Waals surface area contributed by atoms with Crippen molar-refractivity contribution >= 4 is 35.0 Å². The van der Waals surface area contributed by atoms with Crippen LogP contribution in [0.4, 0.5) is 10.5 Å². The summed E-state index contributed by atoms with van der Waals surface area (Å²) in [4.78, 5) is 11.8. The molecule has 0 radical (unpaired) electrons. The number of amides is 1. The lowest BCUT2D eigenvalue weighted by Crippen LogP contribution is -2.38. The SMILES string of the molecule is CC(C)C(CNC(=O)OC(C)(C)C)CNc1ccc(Cl)c(Cl)c1. The van der Waals surface area contributed by atoms with Crippen molar-refractivity contribution in [3.63, 3.8) is 0 Å². The summed E-state index contributed by atoms with van der Waals surface area (Å²) in [7, 11) is 0. The van der Waals surface area contributed by atoms with Crippen LogP contribution < -0.4 is 10.6 Å². The zero-order valence-electron chi connectivity index (χ0n) is 14.4. The van der Waals surface area contributed by atoms with Crippen LogP contribution in [0.25, 0.3) is 0 Å². The molecule has 1 unspecified atom stereocenters. The lowest BCUT2D eigenvalue weighted by atomic mass is 9.95. The van der Waals surface area contributed by atoms with Crippen LogP contribution in [0.2, 0.25) is 10.0 Å². The van der Waals surface area contributed by atoms with Crippen LogP contribution in [-0.4, -0.2) is 24.8 Å². The number of rotatable bonds is 6. The minimum absolute atomic E-state index is 0.261. The normalized spacial score (nSPS) is 12.9. The maximum absolute atomic E-state index is 11.8. The second-order valence-electron chi connectivity index (χ2n) is 6.90. The molecule has 0 spiro atoms. The largest absolute Gasteiger partial charge is 0.444 e. The maximum atomic E-state index is 11.8. The van der Waals surface area contributed by atoms with Crippen molar-refractivity contribution in [3.05, 3.63) is 28.2 Å². The van der Waals surface area contributed by atoms with Gasteiger partial charge in [0.25, 0.3) is 0 Å². The number of carbonyl (C=O) groups is 1. The third-order valence-corrected chi connectivity index (χ3v) is 4.08. The molecule has 0 aliphatic heterocycles. The van der Waals surface area contributed by atoms with Crippen molar-refractivity contribution in [1.29, 1.82) is 0 Å². The van der Waals surface area contributed by atoms with Gasteiger partial charge in [0.05, 0.1) is 10.0 Å². The predicted octanol–water partition coefficient (Wildman–Crippen LogP) is 5.20. The Balaban J connectivity index is 2.52. The number of hydrogen-bond acceptors (Lipinski definition) is 3. The molecule has 6 heteroatoms. The maximum Gasteiger partial charge on any atom is 0.407 e. The van der Waals surface area contributed by atoms with Crippen LogP contribution in [0.5, 0.6) is 0 Å². The summed E-state index contributed by atoms with van der Waals surface area (Å²) in [6.45, 7) is 11.0. The van der Waals surface area contributed by atoms with Gasteiger partial charge in [-0.2, -0.15) is 0 Å². The van der Waals surface area contributed by atoms with Crippen molar-refractivity contribution in [2.75, 3.05) is 18.4 Å². The fraction of sp³-hybridized carbons (Fsp3) is 0.588. The van der Waals surface area contributed by atoms with Gasteiger partial charge in [0, 0.05) is 18.8 Å². The first-order valence-corrected chi connectivity index (χ1v) is 8.50. The highest BCUT2D eigenvalue weighted by molar-refractivity contribution is 6.42. The molecule has 1 atom stereocenters. The van der Waals surface area contributed by atoms with E-state index in [9.17, 15) is 4.79 Å². The van der Waals surface area contributed by atoms with E-state index >= 15 is 0 Å². The third-order valence-electron chi connectivity index (χ3n) is 3.34. The van der Waals surface area contributed by atoms with E-state index in [1.807, 2.05) is 26.8 Å². The number of ether oxygens (including phenoxy) is 1. The summed E-state index contributed by atoms with van der Waals surface area (Å²) >= 11 is 11.9. The number of benzene rings is 1. The molecule has 0 aliphatic rings. The highest BCUT2D eigenvalue weighted by Gasteiger charge is 2.19. The highest BCUT2D eigenvalue weighted by Crippen LogP contribution is 2.25. The molecule has 2 N–H and O–H groups in total. The van der Waals surface area contributed by atoms with Gasteiger partial charge in [-0.25, -0.2) is 4.79 Å². The standard InChI is InChI=1S/C17H26Cl2N2O2/c1-11(2)12(10-21-16(22)23-17(3,4)5)9-20-13-6-7-14(18)15(19)8-13/h6-8,11-12,20H,9-10H2,1-5H3,(H,21,22). The topological polar surface area (TPSA) is 50.4 Å². The Morgan fingerprint density at radius 1 is 1.17 bits per heavy atom. The average molecular weight is 361 g/mol. The summed E-state index contributed by atoms with van der Waals surface area (Å²) in [6.07, 6.45) is -0.391. The van der Waals surface area contributed by atoms with Crippen molar-refractivity contribution in [1.82, 2.24) is 5.32 Å². The van der Waals surface area contributed by atoms with Crippen LogP contribution in [0, 0.1) is 11.8 Å². The molecule has 23 heavy (non-hydrogen) atoms. The van der Waals surface area contributed by atoms with E-state index in [0.717, 1.165) is 5.69 Å². The minimum atomic E-state index is -0.490. The van der Waals surface area contributed by atoms with Gasteiger partial charge < -0.3 is 15.4 Å². The lowest BCUT2D eigenvalue weighted by molar-refractivity contribution is 0.0516. The molecule has 130 valence electrons. The van der Waals surface area contributed by atoms with Gasteiger partial charge in [-0.05, 0) is 50.8 Å². The number of nitrogens with one attached hydrogen (secondary N) is 2. The molecule has 0 aliphatic carbocycles. The van der Waals surface area contributed by atoms with Gasteiger partial charge in [-0.15, -0.1) is 0 Å². The monoisotopic (exact) mass is 360 g/mol. The summed E-state index contributed by atoms with van der Waals surface area (Å²) in [5.74, 6) is 0.664. The highest BCUT2D eigenvalue weighted by atomic mass is 35.5. The molecule has 1 amide bonds. The van der Waals surface area contributed by atoms with Gasteiger partial charge in [-0.1, -0.05) is 37.0 Å². The van der Waals surface area contributed by atoms with E-state index in [-0.39, 0.29) is 5.92 Å². The molecule has 0 heterocycles. The Morgan fingerprint density at radius 3 is 2.35 bits per heavy atom. The first-order valence-electron chi connectivity index (χ1n) is 7.74. The Hall–Kier alpha value is -1.13. The molecule has 1 rings (SSSR count). The van der Waals surface area contributed by atoms with E-state index in [0.29, 0.717) is 29.1 Å². The first-order chi connectivity index (χ1) is 10.6. The van der Waals surface area contributed by atoms with Crippen LogP contribution in [0.1, 0.15) is 34.6 Å². The van der Waals surface area contributed by atoms with E-state index < -0.39 is 11.7 Å². The Kier molecular flexibility index (Phi) is 7.49. The Bertz CT molecular complexity index is 528. The summed E-state index contributed by atoms with van der Waals surface area (Å²) in [6, 6.07) is 5.44. The van der Waals surface area contributed by atoms with Gasteiger partial charge in [0.1, 0.15) is 5.60 Å². The smallest absolute Gasteiger partial charge is 0.407 e. The molecule has 1 aromatic rings. The third kappa shape index (κ3) is 7.80. The average Bonchev–Trinajstić information content (AvgIpc) is 2.40. The zero-order valence-corrected chi connectivity index (χ0v) is 15.9. The Labute approximate surface area is 148 Å². The summed E-state index contributed by atoms with van der Waals surface area (Å²) < 4.78 is 5.26. The van der Waals surface area contributed by atoms with Gasteiger partial charge >= 0.3 is 6.09 Å². The first kappa shape index (κ1) is 19.9. The lowest BCUT2D eigenvalue weighted by Gasteiger charge is -2.24. The quantitative estimate of drug-likeness (QED) is 0.732. The van der Waals surface area contributed by atoms with Crippen LogP contribution in [0.3, 0.4) is 0 Å². The number of hydrogen-bond donors (Lipinski definition) is 2. The fourth-order valence-electron chi connectivity index (χ4n) is 1.93. The molecule has 4 nitrogen and oxygen atoms in total. The van der Waals surface area contributed by atoms with Crippen LogP contribution in [-0.2, 0) is 4.74 Å². The van der Waals surface area contributed by atoms with Crippen molar-refractivity contribution < 1.29 is 9.53 Å². The molecule has 0 aromatic heterocycles.